The van der Waals surface area contributed by atoms with Crippen molar-refractivity contribution in [1.82, 2.24) is 15.2 Å². The molecule has 0 bridgehead atoms. The minimum absolute atomic E-state index is 0.0471. The summed E-state index contributed by atoms with van der Waals surface area (Å²) >= 11 is 0. The van der Waals surface area contributed by atoms with Crippen LogP contribution >= 0.6 is 0 Å². The first-order chi connectivity index (χ1) is 6.50. The van der Waals surface area contributed by atoms with Crippen molar-refractivity contribution in [1.29, 1.82) is 0 Å². The van der Waals surface area contributed by atoms with Crippen LogP contribution in [0.5, 0.6) is 0 Å². The van der Waals surface area contributed by atoms with Crippen molar-refractivity contribution >= 4 is 16.7 Å². The predicted molar refractivity (Wildman–Crippen MR) is 57.0 cm³/mol. The van der Waals surface area contributed by atoms with E-state index in [-0.39, 0.29) is 5.41 Å². The summed E-state index contributed by atoms with van der Waals surface area (Å²) in [6, 6.07) is 0. The predicted octanol–water partition coefficient (Wildman–Crippen LogP) is 1.84. The molecule has 0 radical (unpaired) electrons. The van der Waals surface area contributed by atoms with E-state index in [1.165, 1.54) is 0 Å². The molecular weight excluding hydrogens is 176 g/mol. The van der Waals surface area contributed by atoms with Gasteiger partial charge in [-0.3, -0.25) is 10.1 Å². The fourth-order valence-electron chi connectivity index (χ4n) is 1.52. The summed E-state index contributed by atoms with van der Waals surface area (Å²) in [6.45, 7) is 6.42. The Kier molecular flexibility index (Phi) is 1.74. The molecule has 0 aliphatic carbocycles. The van der Waals surface area contributed by atoms with Gasteiger partial charge in [0.05, 0.1) is 10.9 Å². The highest BCUT2D eigenvalue weighted by molar-refractivity contribution is 5.90. The number of aromatic nitrogens is 3. The fraction of sp³-hybridized carbons (Fsp3) is 0.400. The van der Waals surface area contributed by atoms with Gasteiger partial charge in [-0.25, -0.2) is 0 Å². The average Bonchev–Trinajstić information content (AvgIpc) is 2.46. The maximum Gasteiger partial charge on any atom is 0.154 e. The molecular formula is C10H14N4. The summed E-state index contributed by atoms with van der Waals surface area (Å²) in [4.78, 5) is 4.17. The number of nitrogens with one attached hydrogen (secondary N) is 1. The number of hydrogen-bond donors (Lipinski definition) is 2. The van der Waals surface area contributed by atoms with Crippen molar-refractivity contribution in [3.63, 3.8) is 0 Å². The van der Waals surface area contributed by atoms with Gasteiger partial charge in [0.2, 0.25) is 0 Å². The van der Waals surface area contributed by atoms with Crippen LogP contribution in [0.4, 0.5) is 5.82 Å². The van der Waals surface area contributed by atoms with E-state index in [4.69, 9.17) is 5.73 Å². The molecule has 2 aromatic rings. The van der Waals surface area contributed by atoms with Crippen molar-refractivity contribution in [2.45, 2.75) is 26.2 Å². The summed E-state index contributed by atoms with van der Waals surface area (Å²) in [5.41, 5.74) is 7.88. The molecule has 14 heavy (non-hydrogen) atoms. The van der Waals surface area contributed by atoms with E-state index in [1.54, 1.807) is 6.20 Å². The average molecular weight is 190 g/mol. The number of nitrogen functional groups attached to an aromatic ring is 1. The van der Waals surface area contributed by atoms with Crippen molar-refractivity contribution in [2.75, 3.05) is 5.73 Å². The monoisotopic (exact) mass is 190 g/mol. The van der Waals surface area contributed by atoms with Gasteiger partial charge in [-0.1, -0.05) is 20.8 Å². The lowest BCUT2D eigenvalue weighted by Gasteiger charge is -2.18. The Hall–Kier alpha value is -1.58. The molecule has 3 N–H and O–H groups in total. The standard InChI is InChI=1S/C10H14N4/c1-10(2,3)7-5-12-4-6-8(7)13-14-9(6)11/h4-5H,1-3H3,(H3,11,13,14). The van der Waals surface area contributed by atoms with Gasteiger partial charge in [-0.05, 0) is 5.41 Å². The second-order valence-corrected chi connectivity index (χ2v) is 4.47. The zero-order valence-corrected chi connectivity index (χ0v) is 8.63. The zero-order valence-electron chi connectivity index (χ0n) is 8.63. The van der Waals surface area contributed by atoms with E-state index >= 15 is 0 Å². The van der Waals surface area contributed by atoms with Crippen LogP contribution in [-0.2, 0) is 5.41 Å². The Morgan fingerprint density at radius 2 is 2.00 bits per heavy atom. The van der Waals surface area contributed by atoms with Crippen LogP contribution in [0.15, 0.2) is 12.4 Å². The molecule has 0 unspecified atom stereocenters. The second-order valence-electron chi connectivity index (χ2n) is 4.47. The van der Waals surface area contributed by atoms with Gasteiger partial charge in [-0.2, -0.15) is 5.10 Å². The van der Waals surface area contributed by atoms with Crippen LogP contribution in [-0.4, -0.2) is 15.2 Å². The quantitative estimate of drug-likeness (QED) is 0.666. The maximum absolute atomic E-state index is 5.71. The van der Waals surface area contributed by atoms with Gasteiger partial charge < -0.3 is 5.73 Å². The van der Waals surface area contributed by atoms with Crippen LogP contribution in [0.1, 0.15) is 26.3 Å². The molecule has 0 aromatic carbocycles. The zero-order chi connectivity index (χ0) is 10.3. The lowest BCUT2D eigenvalue weighted by molar-refractivity contribution is 0.592. The van der Waals surface area contributed by atoms with Crippen molar-refractivity contribution < 1.29 is 0 Å². The van der Waals surface area contributed by atoms with E-state index in [2.05, 4.69) is 36.0 Å². The SMILES string of the molecule is CC(C)(C)c1cncc2c(N)n[nH]c12. The first-order valence-corrected chi connectivity index (χ1v) is 4.58. The molecule has 4 nitrogen and oxygen atoms in total. The Morgan fingerprint density at radius 1 is 1.29 bits per heavy atom. The molecule has 0 atom stereocenters. The van der Waals surface area contributed by atoms with Crippen LogP contribution in [0.25, 0.3) is 10.9 Å². The lowest BCUT2D eigenvalue weighted by Crippen LogP contribution is -2.12. The Morgan fingerprint density at radius 3 is 2.64 bits per heavy atom. The molecule has 4 heteroatoms. The van der Waals surface area contributed by atoms with Gasteiger partial charge >= 0.3 is 0 Å². The number of nitrogens with two attached hydrogens (primary N) is 1. The molecule has 0 spiro atoms. The highest BCUT2D eigenvalue weighted by atomic mass is 15.2. The Bertz CT molecular complexity index is 464. The number of aromatic amines is 1. The number of pyridine rings is 1. The van der Waals surface area contributed by atoms with Crippen LogP contribution in [0.2, 0.25) is 0 Å². The number of H-pyrrole nitrogens is 1. The number of hydrogen-bond acceptors (Lipinski definition) is 3. The number of rotatable bonds is 0. The van der Waals surface area contributed by atoms with Gasteiger partial charge in [0.25, 0.3) is 0 Å². The topological polar surface area (TPSA) is 67.6 Å². The number of fused-ring (bicyclic) bond motifs is 1. The van der Waals surface area contributed by atoms with Crippen LogP contribution in [0, 0.1) is 0 Å². The molecule has 0 amide bonds. The third kappa shape index (κ3) is 1.23. The summed E-state index contributed by atoms with van der Waals surface area (Å²) < 4.78 is 0. The smallest absolute Gasteiger partial charge is 0.154 e. The minimum atomic E-state index is 0.0471. The summed E-state index contributed by atoms with van der Waals surface area (Å²) in [5.74, 6) is 0.513. The molecule has 2 aromatic heterocycles. The van der Waals surface area contributed by atoms with E-state index < -0.39 is 0 Å². The normalized spacial score (nSPS) is 12.2. The van der Waals surface area contributed by atoms with E-state index in [0.29, 0.717) is 5.82 Å². The first kappa shape index (κ1) is 8.99. The highest BCUT2D eigenvalue weighted by Crippen LogP contribution is 2.29. The lowest BCUT2D eigenvalue weighted by atomic mass is 9.87. The number of nitrogens with zero attached hydrogens (tertiary/aromatic N) is 2. The van der Waals surface area contributed by atoms with Crippen LogP contribution in [0.3, 0.4) is 0 Å². The van der Waals surface area contributed by atoms with E-state index in [9.17, 15) is 0 Å². The highest BCUT2D eigenvalue weighted by Gasteiger charge is 2.19. The molecule has 0 saturated carbocycles. The summed E-state index contributed by atoms with van der Waals surface area (Å²) in [7, 11) is 0. The van der Waals surface area contributed by atoms with Gasteiger partial charge in [0, 0.05) is 18.0 Å². The summed E-state index contributed by atoms with van der Waals surface area (Å²) in [5, 5.41) is 7.83. The molecule has 2 rings (SSSR count). The molecule has 74 valence electrons. The summed E-state index contributed by atoms with van der Waals surface area (Å²) in [6.07, 6.45) is 3.60. The van der Waals surface area contributed by atoms with Crippen LogP contribution < -0.4 is 5.73 Å². The fourth-order valence-corrected chi connectivity index (χ4v) is 1.52. The third-order valence-corrected chi connectivity index (χ3v) is 2.32. The molecule has 2 heterocycles. The van der Waals surface area contributed by atoms with Gasteiger partial charge in [-0.15, -0.1) is 0 Å². The van der Waals surface area contributed by atoms with E-state index in [1.807, 2.05) is 6.20 Å². The second kappa shape index (κ2) is 2.70. The van der Waals surface area contributed by atoms with Gasteiger partial charge in [0.1, 0.15) is 0 Å². The molecule has 0 saturated heterocycles. The first-order valence-electron chi connectivity index (χ1n) is 4.58. The van der Waals surface area contributed by atoms with E-state index in [0.717, 1.165) is 16.5 Å². The maximum atomic E-state index is 5.71. The Balaban J connectivity index is 2.79. The Labute approximate surface area is 82.5 Å². The number of anilines is 1. The van der Waals surface area contributed by atoms with Gasteiger partial charge in [0.15, 0.2) is 5.82 Å². The molecule has 0 fully saturated rings. The largest absolute Gasteiger partial charge is 0.382 e. The molecule has 0 aliphatic heterocycles. The minimum Gasteiger partial charge on any atom is -0.382 e. The van der Waals surface area contributed by atoms with Crippen molar-refractivity contribution in [3.8, 4) is 0 Å². The molecule has 0 aliphatic rings. The van der Waals surface area contributed by atoms with Crippen molar-refractivity contribution in [2.24, 2.45) is 0 Å². The van der Waals surface area contributed by atoms with Crippen molar-refractivity contribution in [3.05, 3.63) is 18.0 Å². The third-order valence-electron chi connectivity index (χ3n) is 2.32.